The summed E-state index contributed by atoms with van der Waals surface area (Å²) >= 11 is 0. The van der Waals surface area contributed by atoms with E-state index in [1.807, 2.05) is 0 Å². The summed E-state index contributed by atoms with van der Waals surface area (Å²) in [7, 11) is 0. The quantitative estimate of drug-likeness (QED) is 0.0563. The summed E-state index contributed by atoms with van der Waals surface area (Å²) in [5, 5.41) is 0. The lowest BCUT2D eigenvalue weighted by Gasteiger charge is -2.17. The molecule has 1 rings (SSSR count). The van der Waals surface area contributed by atoms with Crippen LogP contribution in [0, 0.1) is 0 Å². The summed E-state index contributed by atoms with van der Waals surface area (Å²) in [6.45, 7) is 9.41. The van der Waals surface area contributed by atoms with Crippen molar-refractivity contribution in [1.82, 2.24) is 4.98 Å². The fourth-order valence-corrected chi connectivity index (χ4v) is 7.49. The monoisotopic (exact) mass is 630 g/mol. The molecule has 0 aromatic carbocycles. The second-order valence-corrected chi connectivity index (χ2v) is 15.1. The van der Waals surface area contributed by atoms with Crippen LogP contribution in [0.5, 0.6) is 0 Å². The molecule has 1 aromatic heterocycles. The number of nitrogens with zero attached hydrogens (tertiary/aromatic N) is 1. The lowest BCUT2D eigenvalue weighted by atomic mass is 9.92. The first-order chi connectivity index (χ1) is 22.2. The molecule has 0 bridgehead atoms. The fraction of sp³-hybridized carbons (Fsp3) is 0.930. The number of unbranched alkanes of at least 4 members (excludes halogenated alkanes) is 28. The molecular weight excluding hydrogens is 544 g/mol. The van der Waals surface area contributed by atoms with Crippen LogP contribution in [0.3, 0.4) is 0 Å². The zero-order valence-corrected chi connectivity index (χ0v) is 31.8. The Bertz CT molecular complexity index is 694. The summed E-state index contributed by atoms with van der Waals surface area (Å²) in [4.78, 5) is 3.75. The lowest BCUT2D eigenvalue weighted by molar-refractivity contribution is -0.727. The van der Waals surface area contributed by atoms with Gasteiger partial charge in [-0.05, 0) is 32.6 Å². The van der Waals surface area contributed by atoms with Crippen molar-refractivity contribution < 1.29 is 4.57 Å². The van der Waals surface area contributed by atoms with Crippen LogP contribution < -0.4 is 4.57 Å². The highest BCUT2D eigenvalue weighted by atomic mass is 15.1. The number of hydrogen-bond acceptors (Lipinski definition) is 0. The molecule has 0 fully saturated rings. The largest absolute Gasteiger partial charge is 0.257 e. The van der Waals surface area contributed by atoms with Crippen molar-refractivity contribution in [2.75, 3.05) is 0 Å². The van der Waals surface area contributed by atoms with E-state index in [2.05, 4.69) is 49.6 Å². The Morgan fingerprint density at radius 3 is 1.04 bits per heavy atom. The van der Waals surface area contributed by atoms with E-state index >= 15 is 0 Å². The van der Waals surface area contributed by atoms with Crippen molar-refractivity contribution >= 4 is 0 Å². The Morgan fingerprint density at radius 2 is 0.711 bits per heavy atom. The van der Waals surface area contributed by atoms with E-state index in [-0.39, 0.29) is 0 Å². The van der Waals surface area contributed by atoms with Gasteiger partial charge in [0.1, 0.15) is 12.4 Å². The maximum Gasteiger partial charge on any atom is 0.257 e. The average molecular weight is 630 g/mol. The van der Waals surface area contributed by atoms with Gasteiger partial charge >= 0.3 is 0 Å². The van der Waals surface area contributed by atoms with Crippen molar-refractivity contribution in [2.24, 2.45) is 0 Å². The topological polar surface area (TPSA) is 19.7 Å². The van der Waals surface area contributed by atoms with E-state index in [0.717, 1.165) is 0 Å². The van der Waals surface area contributed by atoms with Gasteiger partial charge in [0.2, 0.25) is 0 Å². The number of aromatic nitrogens is 2. The molecule has 45 heavy (non-hydrogen) atoms. The van der Waals surface area contributed by atoms with Crippen LogP contribution >= 0.6 is 0 Å². The summed E-state index contributed by atoms with van der Waals surface area (Å²) in [6.07, 6.45) is 53.2. The molecule has 0 saturated carbocycles. The highest BCUT2D eigenvalue weighted by Gasteiger charge is 2.25. The molecule has 0 aliphatic heterocycles. The van der Waals surface area contributed by atoms with Crippen LogP contribution in [-0.2, 0) is 0 Å². The van der Waals surface area contributed by atoms with Crippen LogP contribution in [0.2, 0.25) is 0 Å². The van der Waals surface area contributed by atoms with Gasteiger partial charge in [0.05, 0.1) is 12.0 Å². The second-order valence-electron chi connectivity index (χ2n) is 15.1. The van der Waals surface area contributed by atoms with Crippen LogP contribution in [-0.4, -0.2) is 4.98 Å². The lowest BCUT2D eigenvalue weighted by Crippen LogP contribution is -2.41. The zero-order chi connectivity index (χ0) is 32.5. The van der Waals surface area contributed by atoms with Crippen molar-refractivity contribution in [3.8, 4) is 0 Å². The molecule has 2 unspecified atom stereocenters. The highest BCUT2D eigenvalue weighted by molar-refractivity contribution is 4.90. The van der Waals surface area contributed by atoms with E-state index in [1.165, 1.54) is 224 Å². The predicted molar refractivity (Wildman–Crippen MR) is 202 cm³/mol. The third-order valence-corrected chi connectivity index (χ3v) is 10.6. The second kappa shape index (κ2) is 33.1. The summed E-state index contributed by atoms with van der Waals surface area (Å²) in [5.74, 6) is 2.25. The van der Waals surface area contributed by atoms with Gasteiger partial charge < -0.3 is 0 Å². The van der Waals surface area contributed by atoms with Gasteiger partial charge in [-0.2, -0.15) is 0 Å². The summed E-state index contributed by atoms with van der Waals surface area (Å²) in [6, 6.07) is 0.619. The molecule has 2 nitrogen and oxygen atoms in total. The molecule has 0 amide bonds. The first kappa shape index (κ1) is 42.2. The van der Waals surface area contributed by atoms with Crippen LogP contribution in [0.15, 0.2) is 12.4 Å². The Morgan fingerprint density at radius 1 is 0.422 bits per heavy atom. The molecule has 0 saturated heterocycles. The molecule has 2 atom stereocenters. The molecule has 2 heteroatoms. The normalized spacial score (nSPS) is 13.1. The van der Waals surface area contributed by atoms with Gasteiger partial charge in [0.25, 0.3) is 5.82 Å². The summed E-state index contributed by atoms with van der Waals surface area (Å²) in [5.41, 5.74) is 0. The number of rotatable bonds is 36. The number of H-pyrrole nitrogens is 1. The Hall–Kier alpha value is -0.790. The van der Waals surface area contributed by atoms with Crippen molar-refractivity contribution in [3.63, 3.8) is 0 Å². The number of nitrogens with one attached hydrogen (secondary N) is 1. The number of aromatic amines is 1. The van der Waals surface area contributed by atoms with E-state index in [9.17, 15) is 0 Å². The van der Waals surface area contributed by atoms with Crippen molar-refractivity contribution in [2.45, 2.75) is 258 Å². The van der Waals surface area contributed by atoms with Crippen LogP contribution in [0.1, 0.15) is 264 Å². The predicted octanol–water partition coefficient (Wildman–Crippen LogP) is 15.3. The molecule has 0 radical (unpaired) electrons. The maximum atomic E-state index is 3.75. The molecule has 266 valence electrons. The highest BCUT2D eigenvalue weighted by Crippen LogP contribution is 2.27. The minimum atomic E-state index is 0.619. The van der Waals surface area contributed by atoms with Gasteiger partial charge in [0.15, 0.2) is 0 Å². The third-order valence-electron chi connectivity index (χ3n) is 10.6. The maximum absolute atomic E-state index is 3.75. The third kappa shape index (κ3) is 25.0. The van der Waals surface area contributed by atoms with E-state index < -0.39 is 0 Å². The molecule has 0 aliphatic carbocycles. The van der Waals surface area contributed by atoms with Gasteiger partial charge in [-0.3, -0.25) is 0 Å². The first-order valence-corrected chi connectivity index (χ1v) is 21.3. The molecule has 1 N–H and O–H groups in total. The van der Waals surface area contributed by atoms with Gasteiger partial charge in [0, 0.05) is 0 Å². The van der Waals surface area contributed by atoms with Crippen molar-refractivity contribution in [3.05, 3.63) is 18.2 Å². The molecule has 1 aromatic rings. The number of hydrogen-bond donors (Lipinski definition) is 1. The van der Waals surface area contributed by atoms with Gasteiger partial charge in [-0.15, -0.1) is 0 Å². The Labute approximate surface area is 285 Å². The Kier molecular flexibility index (Phi) is 31.1. The Balaban J connectivity index is 2.30. The van der Waals surface area contributed by atoms with Crippen molar-refractivity contribution in [1.29, 1.82) is 0 Å². The van der Waals surface area contributed by atoms with E-state index in [1.54, 1.807) is 0 Å². The average Bonchev–Trinajstić information content (AvgIpc) is 3.54. The molecular formula is C43H85N2+. The van der Waals surface area contributed by atoms with Crippen LogP contribution in [0.25, 0.3) is 0 Å². The van der Waals surface area contributed by atoms with Crippen LogP contribution in [0.4, 0.5) is 0 Å². The van der Waals surface area contributed by atoms with E-state index in [4.69, 9.17) is 0 Å². The summed E-state index contributed by atoms with van der Waals surface area (Å²) < 4.78 is 2.63. The molecule has 0 spiro atoms. The standard InChI is InChI=1S/C43H84N2/c1-5-8-11-14-16-18-19-20-21-22-23-24-25-27-29-32-35-38-42(37-34-31-28-26-17-15-12-9-6-2)43-44-39-40-45(43)41(4)36-33-30-13-10-7-3/h39-42H,5-38H2,1-4H3/p+1. The SMILES string of the molecule is CCCCCCCCCCCCCCCCCCCC(CCCCCCCCCCC)c1[nH]cc[n+]1C(C)CCCCCCC. The minimum absolute atomic E-state index is 0.619. The fourth-order valence-electron chi connectivity index (χ4n) is 7.49. The zero-order valence-electron chi connectivity index (χ0n) is 31.8. The minimum Gasteiger partial charge on any atom is -0.247 e. The van der Waals surface area contributed by atoms with Gasteiger partial charge in [-0.1, -0.05) is 213 Å². The molecule has 1 heterocycles. The van der Waals surface area contributed by atoms with Gasteiger partial charge in [-0.25, -0.2) is 9.55 Å². The number of imidazole rings is 1. The van der Waals surface area contributed by atoms with E-state index in [0.29, 0.717) is 12.0 Å². The first-order valence-electron chi connectivity index (χ1n) is 21.3. The molecule has 0 aliphatic rings. The smallest absolute Gasteiger partial charge is 0.247 e.